The maximum Gasteiger partial charge on any atom is 0.291 e. The van der Waals surface area contributed by atoms with E-state index in [4.69, 9.17) is 10.7 Å². The number of hydrogen-bond acceptors (Lipinski definition) is 8. The molecule has 0 aromatic carbocycles. The third kappa shape index (κ3) is 5.33. The Bertz CT molecular complexity index is 1500. The van der Waals surface area contributed by atoms with E-state index in [1.807, 2.05) is 39.0 Å². The van der Waals surface area contributed by atoms with Crippen molar-refractivity contribution in [3.8, 4) is 11.1 Å². The van der Waals surface area contributed by atoms with E-state index in [1.54, 1.807) is 21.7 Å². The zero-order chi connectivity index (χ0) is 26.7. The molecule has 3 N–H and O–H groups in total. The van der Waals surface area contributed by atoms with Gasteiger partial charge in [0.15, 0.2) is 9.84 Å². The standard InChI is InChI=1S/C25H32N8O3S/c1-5-12-32(25(34)23-28-15-29-31-23)18(6-2)9-10-20-21(37(4,35)36)22(26)33-13-11-19(24(33)30-20)17-8-7-16(3)27-14-17/h7-8,11,13-15,18H,5-6,9-10,12,26H2,1-4H3,(H,28,29,31)/t18-/m1/s1. The molecule has 0 spiro atoms. The number of pyridine rings is 1. The maximum atomic E-state index is 13.1. The number of aryl methyl sites for hydroxylation is 2. The molecule has 0 unspecified atom stereocenters. The van der Waals surface area contributed by atoms with Crippen LogP contribution < -0.4 is 5.73 Å². The molecule has 0 radical (unpaired) electrons. The van der Waals surface area contributed by atoms with E-state index in [2.05, 4.69) is 20.2 Å². The van der Waals surface area contributed by atoms with E-state index >= 15 is 0 Å². The van der Waals surface area contributed by atoms with Crippen LogP contribution in [0, 0.1) is 6.92 Å². The van der Waals surface area contributed by atoms with Gasteiger partial charge in [-0.3, -0.25) is 19.3 Å². The fraction of sp³-hybridized carbons (Fsp3) is 0.400. The van der Waals surface area contributed by atoms with Gasteiger partial charge in [-0.2, -0.15) is 5.10 Å². The zero-order valence-corrected chi connectivity index (χ0v) is 22.3. The summed E-state index contributed by atoms with van der Waals surface area (Å²) < 4.78 is 27.2. The lowest BCUT2D eigenvalue weighted by molar-refractivity contribution is 0.0650. The molecule has 1 atom stereocenters. The minimum absolute atomic E-state index is 0.0163. The molecule has 0 fully saturated rings. The van der Waals surface area contributed by atoms with Gasteiger partial charge in [-0.1, -0.05) is 19.9 Å². The van der Waals surface area contributed by atoms with Gasteiger partial charge in [0.05, 0.1) is 5.69 Å². The average Bonchev–Trinajstić information content (AvgIpc) is 3.54. The van der Waals surface area contributed by atoms with Crippen LogP contribution in [0.1, 0.15) is 55.1 Å². The number of nitrogens with two attached hydrogens (primary N) is 1. The Hall–Kier alpha value is -3.80. The van der Waals surface area contributed by atoms with Gasteiger partial charge >= 0.3 is 0 Å². The Labute approximate surface area is 216 Å². The molecular weight excluding hydrogens is 492 g/mol. The number of anilines is 1. The number of nitrogens with zero attached hydrogens (tertiary/aromatic N) is 6. The van der Waals surface area contributed by atoms with Crippen LogP contribution in [-0.2, 0) is 16.3 Å². The molecule has 12 heteroatoms. The lowest BCUT2D eigenvalue weighted by atomic mass is 10.0. The van der Waals surface area contributed by atoms with E-state index in [0.717, 1.165) is 29.5 Å². The molecule has 0 bridgehead atoms. The molecule has 11 nitrogen and oxygen atoms in total. The Morgan fingerprint density at radius 1 is 1.22 bits per heavy atom. The van der Waals surface area contributed by atoms with Crippen molar-refractivity contribution in [3.05, 3.63) is 54.1 Å². The number of hydrogen-bond donors (Lipinski definition) is 2. The number of nitrogens with one attached hydrogen (secondary N) is 1. The normalized spacial score (nSPS) is 12.6. The van der Waals surface area contributed by atoms with E-state index in [0.29, 0.717) is 37.1 Å². The smallest absolute Gasteiger partial charge is 0.291 e. The highest BCUT2D eigenvalue weighted by Crippen LogP contribution is 2.31. The van der Waals surface area contributed by atoms with Gasteiger partial charge in [0.1, 0.15) is 22.7 Å². The van der Waals surface area contributed by atoms with Crippen LogP contribution >= 0.6 is 0 Å². The van der Waals surface area contributed by atoms with Gasteiger partial charge in [-0.15, -0.1) is 0 Å². The van der Waals surface area contributed by atoms with Crippen molar-refractivity contribution in [2.45, 2.75) is 57.4 Å². The summed E-state index contributed by atoms with van der Waals surface area (Å²) in [6, 6.07) is 5.56. The molecule has 4 heterocycles. The van der Waals surface area contributed by atoms with Crippen LogP contribution in [0.5, 0.6) is 0 Å². The van der Waals surface area contributed by atoms with Crippen molar-refractivity contribution >= 4 is 27.2 Å². The molecule has 0 aliphatic rings. The molecule has 0 aliphatic heterocycles. The lowest BCUT2D eigenvalue weighted by Gasteiger charge is -2.30. The van der Waals surface area contributed by atoms with E-state index in [9.17, 15) is 13.2 Å². The minimum Gasteiger partial charge on any atom is -0.384 e. The number of carbonyl (C=O) groups is 1. The Morgan fingerprint density at radius 3 is 2.59 bits per heavy atom. The van der Waals surface area contributed by atoms with Gasteiger partial charge in [-0.25, -0.2) is 18.4 Å². The van der Waals surface area contributed by atoms with Crippen LogP contribution in [0.15, 0.2) is 41.8 Å². The number of sulfone groups is 1. The number of amides is 1. The van der Waals surface area contributed by atoms with Crippen molar-refractivity contribution in [3.63, 3.8) is 0 Å². The predicted octanol–water partition coefficient (Wildman–Crippen LogP) is 3.07. The number of aromatic amines is 1. The summed E-state index contributed by atoms with van der Waals surface area (Å²) in [6.45, 7) is 6.45. The highest BCUT2D eigenvalue weighted by atomic mass is 32.2. The van der Waals surface area contributed by atoms with E-state index in [1.165, 1.54) is 6.33 Å². The molecule has 4 aromatic heterocycles. The molecule has 196 valence electrons. The summed E-state index contributed by atoms with van der Waals surface area (Å²) in [7, 11) is -3.68. The van der Waals surface area contributed by atoms with Crippen molar-refractivity contribution < 1.29 is 13.2 Å². The Balaban J connectivity index is 1.74. The number of fused-ring (bicyclic) bond motifs is 1. The fourth-order valence-corrected chi connectivity index (χ4v) is 5.67. The largest absolute Gasteiger partial charge is 0.384 e. The van der Waals surface area contributed by atoms with Gasteiger partial charge in [0, 0.05) is 48.1 Å². The van der Waals surface area contributed by atoms with Gasteiger partial charge in [-0.05, 0) is 44.7 Å². The molecule has 0 saturated carbocycles. The summed E-state index contributed by atoms with van der Waals surface area (Å²) in [5, 5.41) is 6.43. The molecule has 4 rings (SSSR count). The molecule has 0 saturated heterocycles. The van der Waals surface area contributed by atoms with E-state index < -0.39 is 9.84 Å². The number of nitrogen functional groups attached to an aromatic ring is 1. The number of carbonyl (C=O) groups excluding carboxylic acids is 1. The Morgan fingerprint density at radius 2 is 2.00 bits per heavy atom. The number of aromatic nitrogens is 6. The van der Waals surface area contributed by atoms with Gasteiger partial charge in [0.25, 0.3) is 5.91 Å². The van der Waals surface area contributed by atoms with Crippen molar-refractivity contribution in [1.82, 2.24) is 34.4 Å². The second kappa shape index (κ2) is 10.7. The van der Waals surface area contributed by atoms with Crippen LogP contribution in [-0.4, -0.2) is 67.6 Å². The second-order valence-corrected chi connectivity index (χ2v) is 11.0. The topological polar surface area (TPSA) is 152 Å². The summed E-state index contributed by atoms with van der Waals surface area (Å²) >= 11 is 0. The first-order valence-corrected chi connectivity index (χ1v) is 14.1. The first-order valence-electron chi connectivity index (χ1n) is 12.2. The predicted molar refractivity (Wildman–Crippen MR) is 141 cm³/mol. The van der Waals surface area contributed by atoms with Crippen LogP contribution in [0.3, 0.4) is 0 Å². The van der Waals surface area contributed by atoms with Crippen LogP contribution in [0.2, 0.25) is 0 Å². The first kappa shape index (κ1) is 26.3. The van der Waals surface area contributed by atoms with Gasteiger partial charge < -0.3 is 10.6 Å². The van der Waals surface area contributed by atoms with Crippen LogP contribution in [0.25, 0.3) is 16.8 Å². The van der Waals surface area contributed by atoms with Crippen molar-refractivity contribution in [2.24, 2.45) is 0 Å². The fourth-order valence-electron chi connectivity index (χ4n) is 4.61. The number of H-pyrrole nitrogens is 1. The molecule has 37 heavy (non-hydrogen) atoms. The Kier molecular flexibility index (Phi) is 7.58. The summed E-state index contributed by atoms with van der Waals surface area (Å²) in [4.78, 5) is 28.1. The summed E-state index contributed by atoms with van der Waals surface area (Å²) in [5.74, 6) is 0.0558. The minimum atomic E-state index is -3.68. The van der Waals surface area contributed by atoms with Crippen molar-refractivity contribution in [1.29, 1.82) is 0 Å². The highest BCUT2D eigenvalue weighted by molar-refractivity contribution is 7.91. The lowest BCUT2D eigenvalue weighted by Crippen LogP contribution is -2.41. The first-order chi connectivity index (χ1) is 17.7. The third-order valence-electron chi connectivity index (χ3n) is 6.42. The molecule has 4 aromatic rings. The summed E-state index contributed by atoms with van der Waals surface area (Å²) in [6.07, 6.45) is 8.19. The quantitative estimate of drug-likeness (QED) is 0.321. The zero-order valence-electron chi connectivity index (χ0n) is 21.5. The maximum absolute atomic E-state index is 13.1. The molecular formula is C25H32N8O3S. The van der Waals surface area contributed by atoms with Crippen LogP contribution in [0.4, 0.5) is 5.82 Å². The molecule has 0 aliphatic carbocycles. The molecule has 1 amide bonds. The SMILES string of the molecule is CCCN(C(=O)c1ncn[nH]1)[C@H](CC)CCc1nc2c(-c3ccc(C)nc3)ccn2c(N)c1S(C)(=O)=O. The number of rotatable bonds is 10. The summed E-state index contributed by atoms with van der Waals surface area (Å²) in [5.41, 5.74) is 9.92. The van der Waals surface area contributed by atoms with Gasteiger partial charge in [0.2, 0.25) is 5.82 Å². The third-order valence-corrected chi connectivity index (χ3v) is 7.60. The monoisotopic (exact) mass is 524 g/mol. The van der Waals surface area contributed by atoms with Crippen molar-refractivity contribution in [2.75, 3.05) is 18.5 Å². The van der Waals surface area contributed by atoms with E-state index in [-0.39, 0.29) is 28.5 Å². The average molecular weight is 525 g/mol. The second-order valence-electron chi connectivity index (χ2n) is 9.09. The highest BCUT2D eigenvalue weighted by Gasteiger charge is 2.28.